The van der Waals surface area contributed by atoms with E-state index in [2.05, 4.69) is 20.3 Å². The van der Waals surface area contributed by atoms with Gasteiger partial charge in [-0.1, -0.05) is 13.8 Å². The summed E-state index contributed by atoms with van der Waals surface area (Å²) in [6.45, 7) is 5.73. The van der Waals surface area contributed by atoms with Gasteiger partial charge in [0, 0.05) is 23.6 Å². The number of fused-ring (bicyclic) bond motifs is 1. The molecular formula is C16H22N4O2. The highest BCUT2D eigenvalue weighted by atomic mass is 16.3. The van der Waals surface area contributed by atoms with Gasteiger partial charge in [0.05, 0.1) is 24.1 Å². The van der Waals surface area contributed by atoms with Gasteiger partial charge in [0.1, 0.15) is 5.52 Å². The van der Waals surface area contributed by atoms with E-state index >= 15 is 0 Å². The number of aliphatic hydroxyl groups is 1. The molecule has 0 aliphatic heterocycles. The molecule has 0 saturated heterocycles. The van der Waals surface area contributed by atoms with Gasteiger partial charge in [-0.25, -0.2) is 9.97 Å². The zero-order valence-electron chi connectivity index (χ0n) is 13.2. The normalized spacial score (nSPS) is 16.7. The van der Waals surface area contributed by atoms with Gasteiger partial charge in [-0.05, 0) is 19.8 Å². The molecule has 2 aromatic heterocycles. The molecule has 1 atom stereocenters. The Morgan fingerprint density at radius 1 is 1.55 bits per heavy atom. The summed E-state index contributed by atoms with van der Waals surface area (Å²) in [6, 6.07) is -0.158. The molecule has 1 amide bonds. The van der Waals surface area contributed by atoms with Gasteiger partial charge in [0.15, 0.2) is 5.65 Å². The lowest BCUT2D eigenvalue weighted by atomic mass is 9.86. The smallest absolute Gasteiger partial charge is 0.255 e. The van der Waals surface area contributed by atoms with Crippen LogP contribution in [-0.4, -0.2) is 38.6 Å². The van der Waals surface area contributed by atoms with E-state index in [0.29, 0.717) is 22.6 Å². The van der Waals surface area contributed by atoms with Gasteiger partial charge in [0.2, 0.25) is 0 Å². The van der Waals surface area contributed by atoms with Crippen LogP contribution in [0.25, 0.3) is 11.2 Å². The second-order valence-electron chi connectivity index (χ2n) is 6.81. The van der Waals surface area contributed by atoms with Crippen molar-refractivity contribution in [2.75, 3.05) is 6.61 Å². The Balaban J connectivity index is 1.86. The van der Waals surface area contributed by atoms with Crippen molar-refractivity contribution in [3.05, 3.63) is 23.7 Å². The number of hydrogen-bond donors (Lipinski definition) is 3. The van der Waals surface area contributed by atoms with E-state index in [1.807, 2.05) is 20.8 Å². The second kappa shape index (κ2) is 5.35. The molecular weight excluding hydrogens is 280 g/mol. The number of nitrogens with one attached hydrogen (secondary N) is 2. The van der Waals surface area contributed by atoms with Crippen LogP contribution in [0.2, 0.25) is 0 Å². The lowest BCUT2D eigenvalue weighted by Gasteiger charge is -2.30. The van der Waals surface area contributed by atoms with E-state index in [1.165, 1.54) is 0 Å². The maximum atomic E-state index is 12.5. The molecule has 3 rings (SSSR count). The zero-order chi connectivity index (χ0) is 15.9. The number of carbonyl (C=O) groups excluding carboxylic acids is 1. The van der Waals surface area contributed by atoms with Crippen molar-refractivity contribution in [2.24, 2.45) is 5.41 Å². The Hall–Kier alpha value is -1.95. The average molecular weight is 302 g/mol. The third-order valence-electron chi connectivity index (χ3n) is 4.57. The molecule has 0 spiro atoms. The number of carbonyl (C=O) groups is 1. The number of aromatic amines is 1. The maximum absolute atomic E-state index is 12.5. The minimum absolute atomic E-state index is 0.00790. The summed E-state index contributed by atoms with van der Waals surface area (Å²) in [5, 5.41) is 12.3. The number of rotatable bonds is 5. The average Bonchev–Trinajstić information content (AvgIpc) is 3.26. The largest absolute Gasteiger partial charge is 0.396 e. The highest BCUT2D eigenvalue weighted by molar-refractivity contribution is 6.04. The van der Waals surface area contributed by atoms with Crippen LogP contribution >= 0.6 is 0 Å². The van der Waals surface area contributed by atoms with E-state index < -0.39 is 0 Å². The van der Waals surface area contributed by atoms with Crippen molar-refractivity contribution in [3.8, 4) is 0 Å². The van der Waals surface area contributed by atoms with Crippen molar-refractivity contribution in [1.82, 2.24) is 20.3 Å². The number of H-pyrrole nitrogens is 1. The zero-order valence-corrected chi connectivity index (χ0v) is 13.2. The molecule has 0 bridgehead atoms. The molecule has 1 fully saturated rings. The number of aliphatic hydroxyl groups excluding tert-OH is 1. The van der Waals surface area contributed by atoms with Gasteiger partial charge >= 0.3 is 0 Å². The summed E-state index contributed by atoms with van der Waals surface area (Å²) in [5.74, 6) is 0.303. The first-order valence-corrected chi connectivity index (χ1v) is 7.68. The van der Waals surface area contributed by atoms with Gasteiger partial charge < -0.3 is 15.4 Å². The Bertz CT molecular complexity index is 703. The molecule has 0 radical (unpaired) electrons. The molecule has 2 aromatic rings. The van der Waals surface area contributed by atoms with E-state index in [0.717, 1.165) is 18.5 Å². The highest BCUT2D eigenvalue weighted by Crippen LogP contribution is 2.39. The fourth-order valence-corrected chi connectivity index (χ4v) is 2.26. The number of nitrogens with zero attached hydrogens (tertiary/aromatic N) is 2. The number of hydrogen-bond acceptors (Lipinski definition) is 4. The second-order valence-corrected chi connectivity index (χ2v) is 6.81. The molecule has 3 N–H and O–H groups in total. The van der Waals surface area contributed by atoms with Crippen LogP contribution in [0.5, 0.6) is 0 Å². The third-order valence-corrected chi connectivity index (χ3v) is 4.57. The van der Waals surface area contributed by atoms with Crippen molar-refractivity contribution in [3.63, 3.8) is 0 Å². The summed E-state index contributed by atoms with van der Waals surface area (Å²) >= 11 is 0. The fraction of sp³-hybridized carbons (Fsp3) is 0.562. The first kappa shape index (κ1) is 15.0. The Morgan fingerprint density at radius 3 is 2.91 bits per heavy atom. The monoisotopic (exact) mass is 302 g/mol. The minimum atomic E-state index is -0.382. The topological polar surface area (TPSA) is 90.9 Å². The lowest BCUT2D eigenvalue weighted by molar-refractivity contribution is 0.0835. The van der Waals surface area contributed by atoms with Crippen LogP contribution in [0.4, 0.5) is 0 Å². The third kappa shape index (κ3) is 2.70. The quantitative estimate of drug-likeness (QED) is 0.787. The van der Waals surface area contributed by atoms with Crippen molar-refractivity contribution >= 4 is 17.1 Å². The molecule has 1 saturated carbocycles. The SMILES string of the molecule is CC(NC(=O)c1c[nH]c2ncc(C3CC3)nc12)C(C)(C)CO. The summed E-state index contributed by atoms with van der Waals surface area (Å²) in [7, 11) is 0. The Labute approximate surface area is 129 Å². The number of amides is 1. The number of aromatic nitrogens is 3. The Kier molecular flexibility index (Phi) is 3.64. The molecule has 0 aromatic carbocycles. The molecule has 22 heavy (non-hydrogen) atoms. The molecule has 1 aliphatic carbocycles. The lowest BCUT2D eigenvalue weighted by Crippen LogP contribution is -2.44. The summed E-state index contributed by atoms with van der Waals surface area (Å²) in [6.07, 6.45) is 5.73. The van der Waals surface area contributed by atoms with Crippen molar-refractivity contribution < 1.29 is 9.90 Å². The predicted molar refractivity (Wildman–Crippen MR) is 83.7 cm³/mol. The van der Waals surface area contributed by atoms with Crippen LogP contribution < -0.4 is 5.32 Å². The molecule has 1 unspecified atom stereocenters. The maximum Gasteiger partial charge on any atom is 0.255 e. The predicted octanol–water partition coefficient (Wildman–Crippen LogP) is 1.97. The minimum Gasteiger partial charge on any atom is -0.396 e. The van der Waals surface area contributed by atoms with Crippen LogP contribution in [0.3, 0.4) is 0 Å². The summed E-state index contributed by atoms with van der Waals surface area (Å²) in [5.41, 5.74) is 2.34. The fourth-order valence-electron chi connectivity index (χ4n) is 2.26. The van der Waals surface area contributed by atoms with Gasteiger partial charge in [-0.15, -0.1) is 0 Å². The van der Waals surface area contributed by atoms with Crippen molar-refractivity contribution in [1.29, 1.82) is 0 Å². The molecule has 2 heterocycles. The van der Waals surface area contributed by atoms with E-state index in [1.54, 1.807) is 12.4 Å². The Morgan fingerprint density at radius 2 is 2.27 bits per heavy atom. The van der Waals surface area contributed by atoms with Crippen LogP contribution in [0.1, 0.15) is 55.6 Å². The van der Waals surface area contributed by atoms with Gasteiger partial charge in [-0.2, -0.15) is 0 Å². The van der Waals surface area contributed by atoms with Gasteiger partial charge in [0.25, 0.3) is 5.91 Å². The van der Waals surface area contributed by atoms with E-state index in [4.69, 9.17) is 0 Å². The summed E-state index contributed by atoms with van der Waals surface area (Å²) < 4.78 is 0. The highest BCUT2D eigenvalue weighted by Gasteiger charge is 2.29. The summed E-state index contributed by atoms with van der Waals surface area (Å²) in [4.78, 5) is 24.5. The standard InChI is InChI=1S/C16H22N4O2/c1-9(16(2,3)8-21)19-15(22)11-6-17-14-13(11)20-12(7-18-14)10-4-5-10/h6-7,9-10,21H,4-5,8H2,1-3H3,(H,17,18)(H,19,22). The molecule has 6 nitrogen and oxygen atoms in total. The van der Waals surface area contributed by atoms with Crippen molar-refractivity contribution in [2.45, 2.75) is 45.6 Å². The first-order valence-electron chi connectivity index (χ1n) is 7.68. The molecule has 1 aliphatic rings. The van der Waals surface area contributed by atoms with Crippen LogP contribution in [0.15, 0.2) is 12.4 Å². The van der Waals surface area contributed by atoms with Crippen LogP contribution in [0, 0.1) is 5.41 Å². The van der Waals surface area contributed by atoms with E-state index in [-0.39, 0.29) is 24.0 Å². The van der Waals surface area contributed by atoms with Gasteiger partial charge in [-0.3, -0.25) is 4.79 Å². The van der Waals surface area contributed by atoms with Crippen LogP contribution in [-0.2, 0) is 0 Å². The van der Waals surface area contributed by atoms with E-state index in [9.17, 15) is 9.90 Å². The first-order chi connectivity index (χ1) is 10.4. The molecule has 118 valence electrons. The molecule has 6 heteroatoms.